The van der Waals surface area contributed by atoms with E-state index in [2.05, 4.69) is 10.1 Å². The summed E-state index contributed by atoms with van der Waals surface area (Å²) in [5, 5.41) is 16.4. The van der Waals surface area contributed by atoms with Gasteiger partial charge in [-0.15, -0.1) is 0 Å². The Bertz CT molecular complexity index is 1250. The molecule has 0 bridgehead atoms. The van der Waals surface area contributed by atoms with Gasteiger partial charge in [0.2, 0.25) is 0 Å². The van der Waals surface area contributed by atoms with Gasteiger partial charge in [-0.2, -0.15) is 8.78 Å². The maximum atomic E-state index is 12.3. The summed E-state index contributed by atoms with van der Waals surface area (Å²) < 4.78 is 33.4. The molecule has 186 valence electrons. The van der Waals surface area contributed by atoms with Crippen molar-refractivity contribution in [1.82, 2.24) is 5.32 Å². The lowest BCUT2D eigenvalue weighted by Gasteiger charge is -2.09. The number of nitro benzene ring substituents is 1. The summed E-state index contributed by atoms with van der Waals surface area (Å²) >= 11 is 0. The van der Waals surface area contributed by atoms with Crippen LogP contribution in [-0.4, -0.2) is 35.9 Å². The van der Waals surface area contributed by atoms with Crippen LogP contribution in [0.5, 0.6) is 5.75 Å². The van der Waals surface area contributed by atoms with Gasteiger partial charge in [-0.1, -0.05) is 30.3 Å². The highest BCUT2D eigenvalue weighted by Crippen LogP contribution is 2.26. The third-order valence-electron chi connectivity index (χ3n) is 4.68. The molecular formula is C24H19F2N3O7. The predicted molar refractivity (Wildman–Crippen MR) is 123 cm³/mol. The van der Waals surface area contributed by atoms with Gasteiger partial charge in [0.15, 0.2) is 6.61 Å². The van der Waals surface area contributed by atoms with Gasteiger partial charge in [0, 0.05) is 18.2 Å². The second-order valence-electron chi connectivity index (χ2n) is 7.18. The molecule has 0 spiro atoms. The van der Waals surface area contributed by atoms with E-state index < -0.39 is 35.9 Å². The first kappa shape index (κ1) is 25.7. The lowest BCUT2D eigenvalue weighted by molar-refractivity contribution is -0.384. The lowest BCUT2D eigenvalue weighted by Crippen LogP contribution is -2.34. The van der Waals surface area contributed by atoms with Crippen LogP contribution in [0.15, 0.2) is 72.8 Å². The Morgan fingerprint density at radius 3 is 2.25 bits per heavy atom. The molecule has 0 aliphatic heterocycles. The molecule has 0 saturated heterocycles. The maximum absolute atomic E-state index is 12.3. The highest BCUT2D eigenvalue weighted by molar-refractivity contribution is 6.05. The zero-order valence-electron chi connectivity index (χ0n) is 18.5. The van der Waals surface area contributed by atoms with Crippen molar-refractivity contribution in [1.29, 1.82) is 0 Å². The molecule has 36 heavy (non-hydrogen) atoms. The number of imide groups is 1. The normalized spacial score (nSPS) is 10.4. The largest absolute Gasteiger partial charge is 0.452 e. The monoisotopic (exact) mass is 499 g/mol. The third kappa shape index (κ3) is 7.32. The molecule has 0 saturated carbocycles. The average Bonchev–Trinajstić information content (AvgIpc) is 2.86. The van der Waals surface area contributed by atoms with Crippen LogP contribution >= 0.6 is 0 Å². The van der Waals surface area contributed by atoms with Crippen molar-refractivity contribution >= 4 is 29.2 Å². The summed E-state index contributed by atoms with van der Waals surface area (Å²) in [6.07, 6.45) is 0. The number of nitrogens with one attached hydrogen (secondary N) is 2. The summed E-state index contributed by atoms with van der Waals surface area (Å²) in [4.78, 5) is 47.2. The summed E-state index contributed by atoms with van der Waals surface area (Å²) in [5.41, 5.74) is 0.535. The summed E-state index contributed by atoms with van der Waals surface area (Å²) in [6.45, 7) is -3.54. The molecule has 0 atom stereocenters. The van der Waals surface area contributed by atoms with E-state index in [1.165, 1.54) is 24.3 Å². The van der Waals surface area contributed by atoms with Gasteiger partial charge in [-0.3, -0.25) is 25.0 Å². The van der Waals surface area contributed by atoms with Crippen LogP contribution in [0.4, 0.5) is 20.2 Å². The molecule has 10 nitrogen and oxygen atoms in total. The number of alkyl halides is 2. The minimum Gasteiger partial charge on any atom is -0.452 e. The van der Waals surface area contributed by atoms with Gasteiger partial charge in [-0.05, 0) is 42.0 Å². The molecule has 0 radical (unpaired) electrons. The molecule has 0 aromatic heterocycles. The van der Waals surface area contributed by atoms with E-state index in [0.29, 0.717) is 6.54 Å². The number of benzene rings is 3. The van der Waals surface area contributed by atoms with Crippen LogP contribution in [0.2, 0.25) is 0 Å². The average molecular weight is 499 g/mol. The fraction of sp³-hybridized carbons (Fsp3) is 0.125. The van der Waals surface area contributed by atoms with Crippen molar-refractivity contribution in [2.45, 2.75) is 13.2 Å². The number of carbonyl (C=O) groups is 3. The Kier molecular flexibility index (Phi) is 8.59. The molecule has 12 heteroatoms. The Balaban J connectivity index is 1.55. The van der Waals surface area contributed by atoms with Crippen LogP contribution in [0, 0.1) is 10.1 Å². The number of hydrogen-bond acceptors (Lipinski definition) is 8. The molecule has 3 aromatic rings. The lowest BCUT2D eigenvalue weighted by atomic mass is 10.1. The summed E-state index contributed by atoms with van der Waals surface area (Å²) in [6, 6.07) is 17.4. The zero-order chi connectivity index (χ0) is 26.1. The van der Waals surface area contributed by atoms with Crippen molar-refractivity contribution < 1.29 is 37.6 Å². The molecule has 2 N–H and O–H groups in total. The van der Waals surface area contributed by atoms with Crippen molar-refractivity contribution in [3.05, 3.63) is 99.6 Å². The van der Waals surface area contributed by atoms with Crippen LogP contribution in [0.25, 0.3) is 0 Å². The molecule has 0 aliphatic rings. The third-order valence-corrected chi connectivity index (χ3v) is 4.68. The fourth-order valence-electron chi connectivity index (χ4n) is 2.99. The van der Waals surface area contributed by atoms with Crippen LogP contribution in [0.1, 0.15) is 26.3 Å². The number of nitro groups is 1. The molecule has 2 amide bonds. The Labute approximate surface area is 203 Å². The highest BCUT2D eigenvalue weighted by atomic mass is 19.3. The van der Waals surface area contributed by atoms with E-state index in [0.717, 1.165) is 23.8 Å². The van der Waals surface area contributed by atoms with E-state index in [1.54, 1.807) is 0 Å². The number of esters is 1. The predicted octanol–water partition coefficient (Wildman–Crippen LogP) is 3.92. The number of amides is 2. The molecule has 0 heterocycles. The van der Waals surface area contributed by atoms with Crippen molar-refractivity contribution in [2.75, 3.05) is 11.9 Å². The molecular weight excluding hydrogens is 480 g/mol. The van der Waals surface area contributed by atoms with Gasteiger partial charge in [0.1, 0.15) is 11.4 Å². The van der Waals surface area contributed by atoms with Gasteiger partial charge in [-0.25, -0.2) is 4.79 Å². The van der Waals surface area contributed by atoms with E-state index >= 15 is 0 Å². The second kappa shape index (κ2) is 12.0. The van der Waals surface area contributed by atoms with E-state index in [-0.39, 0.29) is 28.3 Å². The van der Waals surface area contributed by atoms with Gasteiger partial charge in [0.05, 0.1) is 10.5 Å². The summed E-state index contributed by atoms with van der Waals surface area (Å²) in [7, 11) is 0. The van der Waals surface area contributed by atoms with E-state index in [4.69, 9.17) is 4.74 Å². The SMILES string of the molecule is O=C(COC(=O)c1ccc(NCc2ccccc2)c([N+](=O)[O-])c1)NC(=O)c1ccc(OC(F)F)cc1. The maximum Gasteiger partial charge on any atom is 0.387 e. The number of carbonyl (C=O) groups excluding carboxylic acids is 3. The molecule has 0 aliphatic carbocycles. The Hall–Kier alpha value is -4.87. The number of halogens is 2. The number of ether oxygens (including phenoxy) is 2. The number of rotatable bonds is 10. The zero-order valence-corrected chi connectivity index (χ0v) is 18.5. The first-order chi connectivity index (χ1) is 17.2. The molecule has 3 aromatic carbocycles. The number of nitrogens with zero attached hydrogens (tertiary/aromatic N) is 1. The highest BCUT2D eigenvalue weighted by Gasteiger charge is 2.20. The van der Waals surface area contributed by atoms with Gasteiger partial charge < -0.3 is 14.8 Å². The fourth-order valence-corrected chi connectivity index (χ4v) is 2.99. The Morgan fingerprint density at radius 1 is 0.944 bits per heavy atom. The van der Waals surface area contributed by atoms with Crippen LogP contribution in [-0.2, 0) is 16.1 Å². The first-order valence-corrected chi connectivity index (χ1v) is 10.4. The van der Waals surface area contributed by atoms with Crippen molar-refractivity contribution in [3.8, 4) is 5.75 Å². The smallest absolute Gasteiger partial charge is 0.387 e. The first-order valence-electron chi connectivity index (χ1n) is 10.4. The molecule has 0 unspecified atom stereocenters. The standard InChI is InChI=1S/C24H19F2N3O7/c25-24(26)36-18-9-6-16(7-10-18)22(31)28-21(30)14-35-23(32)17-8-11-19(20(12-17)29(33)34)27-13-15-4-2-1-3-5-15/h1-12,24,27H,13-14H2,(H,28,30,31). The van der Waals surface area contributed by atoms with Gasteiger partial charge in [0.25, 0.3) is 17.5 Å². The second-order valence-corrected chi connectivity index (χ2v) is 7.18. The minimum atomic E-state index is -3.02. The number of hydrogen-bond donors (Lipinski definition) is 2. The van der Waals surface area contributed by atoms with Crippen molar-refractivity contribution in [3.63, 3.8) is 0 Å². The quantitative estimate of drug-likeness (QED) is 0.243. The van der Waals surface area contributed by atoms with E-state index in [9.17, 15) is 33.3 Å². The van der Waals surface area contributed by atoms with Crippen LogP contribution in [0.3, 0.4) is 0 Å². The van der Waals surface area contributed by atoms with Gasteiger partial charge >= 0.3 is 12.6 Å². The van der Waals surface area contributed by atoms with Crippen molar-refractivity contribution in [2.24, 2.45) is 0 Å². The molecule has 3 rings (SSSR count). The van der Waals surface area contributed by atoms with E-state index in [1.807, 2.05) is 35.6 Å². The minimum absolute atomic E-state index is 0.0227. The van der Waals surface area contributed by atoms with Crippen LogP contribution < -0.4 is 15.4 Å². The Morgan fingerprint density at radius 2 is 1.61 bits per heavy atom. The number of anilines is 1. The summed E-state index contributed by atoms with van der Waals surface area (Å²) in [5.74, 6) is -3.00. The topological polar surface area (TPSA) is 137 Å². The molecule has 0 fully saturated rings.